The third-order valence-electron chi connectivity index (χ3n) is 5.28. The summed E-state index contributed by atoms with van der Waals surface area (Å²) in [7, 11) is 3.76. The first-order valence-corrected chi connectivity index (χ1v) is 11.4. The van der Waals surface area contributed by atoms with Gasteiger partial charge in [-0.05, 0) is 46.1 Å². The summed E-state index contributed by atoms with van der Waals surface area (Å²) in [5, 5.41) is 5.61. The molecule has 0 saturated carbocycles. The van der Waals surface area contributed by atoms with Crippen molar-refractivity contribution in [3.05, 3.63) is 0 Å². The molecule has 1 fully saturated rings. The van der Waals surface area contributed by atoms with Crippen molar-refractivity contribution in [1.29, 1.82) is 0 Å². The lowest BCUT2D eigenvalue weighted by Crippen LogP contribution is -2.35. The van der Waals surface area contributed by atoms with Crippen LogP contribution in [-0.4, -0.2) is 81.1 Å². The van der Waals surface area contributed by atoms with Gasteiger partial charge in [-0.1, -0.05) is 20.8 Å². The van der Waals surface area contributed by atoms with Crippen LogP contribution in [0.2, 0.25) is 0 Å². The van der Waals surface area contributed by atoms with Crippen LogP contribution in [0.1, 0.15) is 53.9 Å². The standard InChI is InChI=1S/C12H24N2O2.C10H21NO2S/c1-9-7-14(3)8-11(9)12(15)13-6-5-10(2)16-4;1-9(4-6-11-8-12)13-7-5-10(2,3)14/h9-11H,5-8H2,1-4H3,(H,13,15);8-9,14H,4-7H2,1-3H3,(H,11,12). The molecule has 4 atom stereocenters. The van der Waals surface area contributed by atoms with Gasteiger partial charge in [0.25, 0.3) is 0 Å². The van der Waals surface area contributed by atoms with Gasteiger partial charge in [0, 0.05) is 44.6 Å². The first kappa shape index (κ1) is 29.2. The van der Waals surface area contributed by atoms with E-state index in [1.54, 1.807) is 7.11 Å². The molecule has 0 aromatic rings. The van der Waals surface area contributed by atoms with Gasteiger partial charge >= 0.3 is 0 Å². The van der Waals surface area contributed by atoms with Crippen LogP contribution >= 0.6 is 12.6 Å². The van der Waals surface area contributed by atoms with Crippen molar-refractivity contribution < 1.29 is 19.1 Å². The molecule has 30 heavy (non-hydrogen) atoms. The molecule has 1 aliphatic rings. The van der Waals surface area contributed by atoms with E-state index in [9.17, 15) is 9.59 Å². The second-order valence-electron chi connectivity index (χ2n) is 9.04. The lowest BCUT2D eigenvalue weighted by Gasteiger charge is -2.19. The lowest BCUT2D eigenvalue weighted by molar-refractivity contribution is -0.125. The van der Waals surface area contributed by atoms with E-state index in [0.717, 1.165) is 39.0 Å². The minimum atomic E-state index is 0.0285. The van der Waals surface area contributed by atoms with Crippen LogP contribution in [0.15, 0.2) is 0 Å². The maximum absolute atomic E-state index is 11.9. The van der Waals surface area contributed by atoms with E-state index in [0.29, 0.717) is 25.4 Å². The number of amides is 2. The maximum Gasteiger partial charge on any atom is 0.224 e. The molecule has 0 bridgehead atoms. The molecule has 2 amide bonds. The molecule has 1 heterocycles. The van der Waals surface area contributed by atoms with Gasteiger partial charge in [-0.3, -0.25) is 9.59 Å². The van der Waals surface area contributed by atoms with Gasteiger partial charge in [0.15, 0.2) is 0 Å². The highest BCUT2D eigenvalue weighted by molar-refractivity contribution is 7.81. The number of nitrogens with one attached hydrogen (secondary N) is 2. The van der Waals surface area contributed by atoms with E-state index in [2.05, 4.69) is 56.0 Å². The molecule has 1 saturated heterocycles. The Morgan fingerprint density at radius 3 is 2.37 bits per heavy atom. The number of thiol groups is 1. The van der Waals surface area contributed by atoms with Crippen LogP contribution < -0.4 is 10.6 Å². The SMILES string of the molecule is CC(CCNC=O)OCCC(C)(C)S.COC(C)CCNC(=O)C1CN(C)CC1C. The molecule has 1 rings (SSSR count). The summed E-state index contributed by atoms with van der Waals surface area (Å²) < 4.78 is 10.7. The lowest BCUT2D eigenvalue weighted by atomic mass is 9.97. The Kier molecular flexibility index (Phi) is 15.5. The topological polar surface area (TPSA) is 79.9 Å². The number of carbonyl (C=O) groups is 2. The van der Waals surface area contributed by atoms with E-state index >= 15 is 0 Å². The van der Waals surface area contributed by atoms with Crippen LogP contribution in [0.25, 0.3) is 0 Å². The van der Waals surface area contributed by atoms with Crippen LogP contribution in [0.3, 0.4) is 0 Å². The molecule has 2 N–H and O–H groups in total. The first-order chi connectivity index (χ1) is 14.0. The quantitative estimate of drug-likeness (QED) is 0.229. The Hall–Kier alpha value is -0.830. The number of methoxy groups -OCH3 is 1. The summed E-state index contributed by atoms with van der Waals surface area (Å²) in [6, 6.07) is 0. The summed E-state index contributed by atoms with van der Waals surface area (Å²) in [6.07, 6.45) is 3.78. The smallest absolute Gasteiger partial charge is 0.224 e. The Morgan fingerprint density at radius 1 is 1.23 bits per heavy atom. The average molecular weight is 448 g/mol. The molecule has 0 radical (unpaired) electrons. The van der Waals surface area contributed by atoms with E-state index < -0.39 is 0 Å². The number of likely N-dealkylation sites (tertiary alicyclic amines) is 1. The minimum Gasteiger partial charge on any atom is -0.382 e. The van der Waals surface area contributed by atoms with Crippen molar-refractivity contribution in [3.63, 3.8) is 0 Å². The van der Waals surface area contributed by atoms with Gasteiger partial charge in [-0.25, -0.2) is 0 Å². The van der Waals surface area contributed by atoms with Gasteiger partial charge < -0.3 is 25.0 Å². The third-order valence-corrected chi connectivity index (χ3v) is 5.50. The summed E-state index contributed by atoms with van der Waals surface area (Å²) in [4.78, 5) is 24.1. The second kappa shape index (κ2) is 15.9. The highest BCUT2D eigenvalue weighted by Gasteiger charge is 2.32. The first-order valence-electron chi connectivity index (χ1n) is 11.0. The minimum absolute atomic E-state index is 0.0285. The maximum atomic E-state index is 11.9. The van der Waals surface area contributed by atoms with E-state index in [-0.39, 0.29) is 28.8 Å². The summed E-state index contributed by atoms with van der Waals surface area (Å²) in [5.74, 6) is 0.813. The van der Waals surface area contributed by atoms with Crippen LogP contribution in [-0.2, 0) is 19.1 Å². The van der Waals surface area contributed by atoms with Crippen LogP contribution in [0, 0.1) is 11.8 Å². The number of ether oxygens (including phenoxy) is 2. The molecule has 0 aromatic heterocycles. The number of hydrogen-bond acceptors (Lipinski definition) is 6. The van der Waals surface area contributed by atoms with Crippen LogP contribution in [0.4, 0.5) is 0 Å². The van der Waals surface area contributed by atoms with Crippen molar-refractivity contribution in [3.8, 4) is 0 Å². The molecule has 8 heteroatoms. The highest BCUT2D eigenvalue weighted by Crippen LogP contribution is 2.21. The van der Waals surface area contributed by atoms with Crippen molar-refractivity contribution in [2.75, 3.05) is 46.9 Å². The molecule has 0 aromatic carbocycles. The van der Waals surface area contributed by atoms with Crippen molar-refractivity contribution in [2.45, 2.75) is 70.8 Å². The van der Waals surface area contributed by atoms with E-state index in [1.165, 1.54) is 0 Å². The number of carbonyl (C=O) groups excluding carboxylic acids is 2. The Bertz CT molecular complexity index is 474. The highest BCUT2D eigenvalue weighted by atomic mass is 32.1. The fourth-order valence-corrected chi connectivity index (χ4v) is 3.23. The van der Waals surface area contributed by atoms with Gasteiger partial charge in [0.2, 0.25) is 12.3 Å². The predicted octanol–water partition coefficient (Wildman–Crippen LogP) is 2.35. The normalized spacial score (nSPS) is 21.3. The van der Waals surface area contributed by atoms with Gasteiger partial charge in [0.05, 0.1) is 18.1 Å². The fraction of sp³-hybridized carbons (Fsp3) is 0.909. The fourth-order valence-electron chi connectivity index (χ4n) is 3.14. The second-order valence-corrected chi connectivity index (χ2v) is 10.2. The predicted molar refractivity (Wildman–Crippen MR) is 126 cm³/mol. The summed E-state index contributed by atoms with van der Waals surface area (Å²) >= 11 is 4.40. The molecule has 0 spiro atoms. The van der Waals surface area contributed by atoms with E-state index in [1.807, 2.05) is 13.8 Å². The monoisotopic (exact) mass is 447 g/mol. The number of rotatable bonds is 13. The van der Waals surface area contributed by atoms with Crippen molar-refractivity contribution in [2.24, 2.45) is 11.8 Å². The zero-order valence-electron chi connectivity index (χ0n) is 20.1. The van der Waals surface area contributed by atoms with E-state index in [4.69, 9.17) is 9.47 Å². The van der Waals surface area contributed by atoms with Crippen molar-refractivity contribution >= 4 is 24.9 Å². The van der Waals surface area contributed by atoms with Crippen LogP contribution in [0.5, 0.6) is 0 Å². The van der Waals surface area contributed by atoms with Gasteiger partial charge in [-0.15, -0.1) is 0 Å². The summed E-state index contributed by atoms with van der Waals surface area (Å²) in [6.45, 7) is 14.3. The van der Waals surface area contributed by atoms with Gasteiger partial charge in [0.1, 0.15) is 0 Å². The zero-order chi connectivity index (χ0) is 23.2. The van der Waals surface area contributed by atoms with Gasteiger partial charge in [-0.2, -0.15) is 12.6 Å². The van der Waals surface area contributed by atoms with Crippen molar-refractivity contribution in [1.82, 2.24) is 15.5 Å². The Morgan fingerprint density at radius 2 is 1.87 bits per heavy atom. The zero-order valence-corrected chi connectivity index (χ0v) is 21.0. The number of hydrogen-bond donors (Lipinski definition) is 3. The molecule has 7 nitrogen and oxygen atoms in total. The largest absolute Gasteiger partial charge is 0.382 e. The summed E-state index contributed by atoms with van der Waals surface area (Å²) in [5.41, 5.74) is 0. The average Bonchev–Trinajstić information content (AvgIpc) is 2.99. The number of nitrogens with zero attached hydrogens (tertiary/aromatic N) is 1. The Balaban J connectivity index is 0.000000567. The third kappa shape index (κ3) is 15.0. The molecule has 178 valence electrons. The molecular weight excluding hydrogens is 402 g/mol. The molecule has 1 aliphatic heterocycles. The molecule has 4 unspecified atom stereocenters. The Labute approximate surface area is 189 Å². The molecule has 0 aliphatic carbocycles. The molecular formula is C22H45N3O4S.